The zero-order chi connectivity index (χ0) is 27.1. The molecule has 0 saturated heterocycles. The molecule has 38 heavy (non-hydrogen) atoms. The molecule has 216 valence electrons. The summed E-state index contributed by atoms with van der Waals surface area (Å²) < 4.78 is 4.74. The Morgan fingerprint density at radius 2 is 1.79 bits per heavy atom. The first kappa shape index (κ1) is 29.6. The van der Waals surface area contributed by atoms with E-state index in [9.17, 15) is 9.59 Å². The van der Waals surface area contributed by atoms with Crippen LogP contribution >= 0.6 is 23.2 Å². The van der Waals surface area contributed by atoms with Crippen LogP contribution in [-0.4, -0.2) is 48.8 Å². The average Bonchev–Trinajstić information content (AvgIpc) is 3.31. The second kappa shape index (κ2) is 14.3. The van der Waals surface area contributed by atoms with E-state index in [0.29, 0.717) is 29.3 Å². The number of amides is 2. The van der Waals surface area contributed by atoms with E-state index in [2.05, 4.69) is 21.3 Å². The summed E-state index contributed by atoms with van der Waals surface area (Å²) in [4.78, 5) is 24.7. The quantitative estimate of drug-likeness (QED) is 0.200. The number of methoxy groups -OCH3 is 1. The maximum atomic E-state index is 13.2. The predicted octanol–water partition coefficient (Wildman–Crippen LogP) is 4.80. The van der Waals surface area contributed by atoms with Crippen LogP contribution in [0.25, 0.3) is 0 Å². The molecule has 8 nitrogen and oxygen atoms in total. The molecule has 5 atom stereocenters. The van der Waals surface area contributed by atoms with Gasteiger partial charge in [0.25, 0.3) is 0 Å². The SMILES string of the molecule is COC(=O)NC1CCC(C2=C(Cl)NC([C@H](CC3CCCCC3)NC(=O)CCC3CC(Cl)CCC3N)N2)CC1. The van der Waals surface area contributed by atoms with Gasteiger partial charge in [-0.3, -0.25) is 4.79 Å². The van der Waals surface area contributed by atoms with Crippen LogP contribution in [0.3, 0.4) is 0 Å². The summed E-state index contributed by atoms with van der Waals surface area (Å²) in [6.45, 7) is 0. The number of hydrogen-bond acceptors (Lipinski definition) is 6. The van der Waals surface area contributed by atoms with Gasteiger partial charge in [-0.25, -0.2) is 4.79 Å². The summed E-state index contributed by atoms with van der Waals surface area (Å²) in [6, 6.07) is 0.223. The van der Waals surface area contributed by atoms with Crippen LogP contribution in [-0.2, 0) is 9.53 Å². The molecule has 0 aromatic rings. The van der Waals surface area contributed by atoms with Crippen molar-refractivity contribution in [1.29, 1.82) is 0 Å². The fourth-order valence-electron chi connectivity index (χ4n) is 6.95. The van der Waals surface area contributed by atoms with Crippen molar-refractivity contribution in [2.24, 2.45) is 23.5 Å². The third-order valence-electron chi connectivity index (χ3n) is 9.25. The Labute approximate surface area is 237 Å². The van der Waals surface area contributed by atoms with Gasteiger partial charge in [0.05, 0.1) is 18.8 Å². The van der Waals surface area contributed by atoms with Gasteiger partial charge in [0.1, 0.15) is 11.3 Å². The summed E-state index contributed by atoms with van der Waals surface area (Å²) in [5.74, 6) is 1.31. The van der Waals surface area contributed by atoms with E-state index in [4.69, 9.17) is 33.7 Å². The van der Waals surface area contributed by atoms with Crippen molar-refractivity contribution < 1.29 is 14.3 Å². The molecule has 2 amide bonds. The highest BCUT2D eigenvalue weighted by Gasteiger charge is 2.36. The molecule has 0 bridgehead atoms. The third kappa shape index (κ3) is 8.31. The Hall–Kier alpha value is -1.38. The number of ether oxygens (including phenoxy) is 1. The maximum Gasteiger partial charge on any atom is 0.407 e. The first-order valence-electron chi connectivity index (χ1n) is 14.8. The van der Waals surface area contributed by atoms with Gasteiger partial charge in [0.2, 0.25) is 5.91 Å². The summed E-state index contributed by atoms with van der Waals surface area (Å²) in [5.41, 5.74) is 7.37. The molecule has 3 aliphatic carbocycles. The first-order valence-corrected chi connectivity index (χ1v) is 15.6. The highest BCUT2D eigenvalue weighted by atomic mass is 35.5. The Balaban J connectivity index is 1.32. The minimum Gasteiger partial charge on any atom is -0.453 e. The smallest absolute Gasteiger partial charge is 0.407 e. The number of carbonyl (C=O) groups is 2. The van der Waals surface area contributed by atoms with E-state index in [1.54, 1.807) is 0 Å². The number of nitrogens with two attached hydrogens (primary N) is 1. The fraction of sp³-hybridized carbons (Fsp3) is 0.857. The van der Waals surface area contributed by atoms with Crippen LogP contribution in [0.15, 0.2) is 10.9 Å². The molecule has 10 heteroatoms. The van der Waals surface area contributed by atoms with E-state index in [0.717, 1.165) is 63.5 Å². The first-order chi connectivity index (χ1) is 18.3. The van der Waals surface area contributed by atoms with E-state index in [1.807, 2.05) is 0 Å². The van der Waals surface area contributed by atoms with Crippen molar-refractivity contribution in [2.75, 3.05) is 7.11 Å². The van der Waals surface area contributed by atoms with Crippen LogP contribution in [0, 0.1) is 17.8 Å². The highest BCUT2D eigenvalue weighted by Crippen LogP contribution is 2.35. The molecule has 0 radical (unpaired) electrons. The third-order valence-corrected chi connectivity index (χ3v) is 9.96. The van der Waals surface area contributed by atoms with E-state index in [-0.39, 0.29) is 41.7 Å². The van der Waals surface area contributed by atoms with E-state index < -0.39 is 0 Å². The number of alkyl carbamates (subject to hydrolysis) is 1. The van der Waals surface area contributed by atoms with Crippen molar-refractivity contribution in [3.63, 3.8) is 0 Å². The highest BCUT2D eigenvalue weighted by molar-refractivity contribution is 6.29. The van der Waals surface area contributed by atoms with Crippen molar-refractivity contribution in [3.8, 4) is 0 Å². The Kier molecular flexibility index (Phi) is 11.1. The monoisotopic (exact) mass is 571 g/mol. The lowest BCUT2D eigenvalue weighted by Gasteiger charge is -2.34. The van der Waals surface area contributed by atoms with Crippen LogP contribution in [0.2, 0.25) is 0 Å². The molecule has 4 rings (SSSR count). The largest absolute Gasteiger partial charge is 0.453 e. The minimum atomic E-state index is -0.374. The summed E-state index contributed by atoms with van der Waals surface area (Å²) >= 11 is 13.1. The van der Waals surface area contributed by atoms with Gasteiger partial charge in [0.15, 0.2) is 0 Å². The van der Waals surface area contributed by atoms with Gasteiger partial charge in [-0.2, -0.15) is 0 Å². The molecular weight excluding hydrogens is 525 g/mol. The van der Waals surface area contributed by atoms with Crippen LogP contribution in [0.5, 0.6) is 0 Å². The fourth-order valence-corrected chi connectivity index (χ4v) is 7.63. The number of hydrogen-bond donors (Lipinski definition) is 5. The van der Waals surface area contributed by atoms with Gasteiger partial charge in [0, 0.05) is 29.8 Å². The predicted molar refractivity (Wildman–Crippen MR) is 152 cm³/mol. The van der Waals surface area contributed by atoms with Crippen molar-refractivity contribution in [1.82, 2.24) is 21.3 Å². The lowest BCUT2D eigenvalue weighted by atomic mass is 9.81. The second-order valence-electron chi connectivity index (χ2n) is 12.0. The standard InChI is InChI=1S/C28H47Cl2N5O3/c1-38-28(37)32-21-11-7-18(8-12-21)25-26(30)35-27(34-25)23(15-17-5-3-2-4-6-17)33-24(36)14-9-19-16-20(29)10-13-22(19)31/h17-23,27,34-35H,2-16,31H2,1H3,(H,32,37)(H,33,36)/t18?,19?,20?,21?,22?,23-,27?/m0/s1. The number of carbonyl (C=O) groups excluding carboxylic acids is 2. The number of halogens is 2. The Morgan fingerprint density at radius 3 is 2.50 bits per heavy atom. The Morgan fingerprint density at radius 1 is 1.05 bits per heavy atom. The normalized spacial score (nSPS) is 33.2. The molecule has 1 aliphatic heterocycles. The minimum absolute atomic E-state index is 0.0463. The molecule has 0 aromatic heterocycles. The van der Waals surface area contributed by atoms with Gasteiger partial charge in [-0.1, -0.05) is 43.7 Å². The summed E-state index contributed by atoms with van der Waals surface area (Å²) in [6.07, 6.45) is 14.4. The van der Waals surface area contributed by atoms with Gasteiger partial charge < -0.3 is 31.7 Å². The molecule has 0 aromatic carbocycles. The lowest BCUT2D eigenvalue weighted by Crippen LogP contribution is -2.54. The van der Waals surface area contributed by atoms with Gasteiger partial charge >= 0.3 is 6.09 Å². The molecule has 3 saturated carbocycles. The Bertz CT molecular complexity index is 829. The van der Waals surface area contributed by atoms with Crippen molar-refractivity contribution in [3.05, 3.63) is 10.9 Å². The average molecular weight is 573 g/mol. The summed E-state index contributed by atoms with van der Waals surface area (Å²) in [7, 11) is 1.39. The molecule has 4 unspecified atom stereocenters. The van der Waals surface area contributed by atoms with E-state index >= 15 is 0 Å². The topological polar surface area (TPSA) is 118 Å². The van der Waals surface area contributed by atoms with Crippen LogP contribution in [0.4, 0.5) is 4.79 Å². The molecule has 4 aliphatic rings. The van der Waals surface area contributed by atoms with Crippen molar-refractivity contribution in [2.45, 2.75) is 126 Å². The number of rotatable bonds is 9. The molecule has 1 heterocycles. The molecule has 3 fully saturated rings. The second-order valence-corrected chi connectivity index (χ2v) is 13.0. The van der Waals surface area contributed by atoms with Crippen molar-refractivity contribution >= 4 is 35.2 Å². The number of nitrogens with one attached hydrogen (secondary N) is 4. The number of allylic oxidation sites excluding steroid dienone is 1. The van der Waals surface area contributed by atoms with Crippen LogP contribution < -0.4 is 27.0 Å². The zero-order valence-corrected chi connectivity index (χ0v) is 24.3. The van der Waals surface area contributed by atoms with Gasteiger partial charge in [-0.15, -0.1) is 11.6 Å². The summed E-state index contributed by atoms with van der Waals surface area (Å²) in [5, 5.41) is 14.2. The number of alkyl halides is 1. The zero-order valence-electron chi connectivity index (χ0n) is 22.8. The lowest BCUT2D eigenvalue weighted by molar-refractivity contribution is -0.122. The van der Waals surface area contributed by atoms with Gasteiger partial charge in [-0.05, 0) is 69.6 Å². The molecule has 0 spiro atoms. The molecule has 6 N–H and O–H groups in total. The van der Waals surface area contributed by atoms with E-state index in [1.165, 1.54) is 39.2 Å². The van der Waals surface area contributed by atoms with Crippen LogP contribution in [0.1, 0.15) is 96.3 Å². The maximum absolute atomic E-state index is 13.2. The molecular formula is C28H47Cl2N5O3.